The average molecular weight is 193 g/mol. The normalized spacial score (nSPS) is 9.57. The number of hydrogen-bond acceptors (Lipinski definition) is 2. The summed E-state index contributed by atoms with van der Waals surface area (Å²) in [6, 6.07) is 7.06. The van der Waals surface area contributed by atoms with Crippen LogP contribution in [0.4, 0.5) is 0 Å². The minimum atomic E-state index is -0.0329. The van der Waals surface area contributed by atoms with Crippen molar-refractivity contribution < 1.29 is 9.53 Å². The van der Waals surface area contributed by atoms with Gasteiger partial charge in [0.05, 0.1) is 7.11 Å². The molecule has 1 N–H and O–H groups in total. The zero-order valence-corrected chi connectivity index (χ0v) is 8.54. The Morgan fingerprint density at radius 2 is 2.00 bits per heavy atom. The van der Waals surface area contributed by atoms with Crippen LogP contribution in [0.2, 0.25) is 0 Å². The van der Waals surface area contributed by atoms with Gasteiger partial charge in [-0.1, -0.05) is 6.92 Å². The van der Waals surface area contributed by atoms with Crippen LogP contribution in [-0.4, -0.2) is 19.6 Å². The van der Waals surface area contributed by atoms with E-state index in [0.717, 1.165) is 12.2 Å². The molecule has 0 aromatic heterocycles. The highest BCUT2D eigenvalue weighted by Crippen LogP contribution is 2.10. The van der Waals surface area contributed by atoms with Gasteiger partial charge in [0.1, 0.15) is 5.75 Å². The second kappa shape index (κ2) is 5.27. The Morgan fingerprint density at radius 3 is 2.50 bits per heavy atom. The summed E-state index contributed by atoms with van der Waals surface area (Å²) in [5.74, 6) is 0.728. The summed E-state index contributed by atoms with van der Waals surface area (Å²) in [7, 11) is 1.60. The van der Waals surface area contributed by atoms with E-state index in [2.05, 4.69) is 5.32 Å². The number of methoxy groups -OCH3 is 1. The molecule has 76 valence electrons. The number of hydrogen-bond donors (Lipinski definition) is 1. The van der Waals surface area contributed by atoms with Gasteiger partial charge in [-0.2, -0.15) is 0 Å². The highest BCUT2D eigenvalue weighted by Gasteiger charge is 2.03. The van der Waals surface area contributed by atoms with E-state index >= 15 is 0 Å². The van der Waals surface area contributed by atoms with Gasteiger partial charge in [0.15, 0.2) is 0 Å². The topological polar surface area (TPSA) is 38.3 Å². The molecule has 1 aromatic rings. The molecule has 14 heavy (non-hydrogen) atoms. The van der Waals surface area contributed by atoms with Gasteiger partial charge in [-0.15, -0.1) is 0 Å². The molecule has 0 radical (unpaired) electrons. The van der Waals surface area contributed by atoms with Crippen LogP contribution in [0.5, 0.6) is 5.75 Å². The fourth-order valence-corrected chi connectivity index (χ4v) is 1.08. The Morgan fingerprint density at radius 1 is 1.36 bits per heavy atom. The Balaban J connectivity index is 2.62. The number of carbonyl (C=O) groups excluding carboxylic acids is 1. The van der Waals surface area contributed by atoms with Crippen molar-refractivity contribution in [1.29, 1.82) is 0 Å². The quantitative estimate of drug-likeness (QED) is 0.792. The van der Waals surface area contributed by atoms with Gasteiger partial charge in [-0.25, -0.2) is 0 Å². The summed E-state index contributed by atoms with van der Waals surface area (Å²) in [4.78, 5) is 11.5. The highest BCUT2D eigenvalue weighted by atomic mass is 16.5. The number of benzene rings is 1. The molecule has 3 heteroatoms. The molecule has 0 aliphatic rings. The molecule has 0 heterocycles. The summed E-state index contributed by atoms with van der Waals surface area (Å²) >= 11 is 0. The van der Waals surface area contributed by atoms with Crippen LogP contribution in [0.3, 0.4) is 0 Å². The predicted octanol–water partition coefficient (Wildman–Crippen LogP) is 1.83. The van der Waals surface area contributed by atoms with Gasteiger partial charge in [0, 0.05) is 12.1 Å². The van der Waals surface area contributed by atoms with Crippen molar-refractivity contribution in [2.24, 2.45) is 0 Å². The molecule has 3 nitrogen and oxygen atoms in total. The second-order valence-electron chi connectivity index (χ2n) is 2.98. The molecule has 0 aliphatic carbocycles. The zero-order valence-electron chi connectivity index (χ0n) is 8.54. The first-order valence-corrected chi connectivity index (χ1v) is 4.70. The van der Waals surface area contributed by atoms with E-state index in [1.54, 1.807) is 31.4 Å². The Hall–Kier alpha value is -1.51. The highest BCUT2D eigenvalue weighted by molar-refractivity contribution is 5.94. The van der Waals surface area contributed by atoms with E-state index in [4.69, 9.17) is 4.74 Å². The SMILES string of the molecule is CCCNC(=O)c1ccc(OC)cc1. The maximum atomic E-state index is 11.5. The summed E-state index contributed by atoms with van der Waals surface area (Å²) in [6.45, 7) is 2.74. The first-order valence-electron chi connectivity index (χ1n) is 4.70. The Bertz CT molecular complexity index is 293. The Labute approximate surface area is 84.1 Å². The molecule has 0 bridgehead atoms. The van der Waals surface area contributed by atoms with Crippen molar-refractivity contribution >= 4 is 5.91 Å². The van der Waals surface area contributed by atoms with Gasteiger partial charge < -0.3 is 10.1 Å². The molecule has 0 saturated heterocycles. The lowest BCUT2D eigenvalue weighted by molar-refractivity contribution is 0.0953. The number of carbonyl (C=O) groups is 1. The monoisotopic (exact) mass is 193 g/mol. The number of nitrogens with one attached hydrogen (secondary N) is 1. The van der Waals surface area contributed by atoms with E-state index in [0.29, 0.717) is 12.1 Å². The third-order valence-corrected chi connectivity index (χ3v) is 1.89. The molecule has 1 amide bonds. The lowest BCUT2D eigenvalue weighted by Gasteiger charge is -2.04. The van der Waals surface area contributed by atoms with Gasteiger partial charge in [-0.3, -0.25) is 4.79 Å². The largest absolute Gasteiger partial charge is 0.497 e. The standard InChI is InChI=1S/C11H15NO2/c1-3-8-12-11(13)9-4-6-10(14-2)7-5-9/h4-7H,3,8H2,1-2H3,(H,12,13). The van der Waals surface area contributed by atoms with Gasteiger partial charge in [0.25, 0.3) is 5.91 Å². The lowest BCUT2D eigenvalue weighted by atomic mass is 10.2. The van der Waals surface area contributed by atoms with Crippen molar-refractivity contribution in [3.8, 4) is 5.75 Å². The summed E-state index contributed by atoms with van der Waals surface area (Å²) in [5, 5.41) is 2.81. The van der Waals surface area contributed by atoms with E-state index in [9.17, 15) is 4.79 Å². The molecule has 1 rings (SSSR count). The first-order chi connectivity index (χ1) is 6.77. The van der Waals surface area contributed by atoms with Crippen molar-refractivity contribution in [2.45, 2.75) is 13.3 Å². The lowest BCUT2D eigenvalue weighted by Crippen LogP contribution is -2.23. The van der Waals surface area contributed by atoms with Gasteiger partial charge in [-0.05, 0) is 30.7 Å². The molecule has 0 unspecified atom stereocenters. The van der Waals surface area contributed by atoms with Crippen LogP contribution in [-0.2, 0) is 0 Å². The van der Waals surface area contributed by atoms with Crippen LogP contribution >= 0.6 is 0 Å². The fraction of sp³-hybridized carbons (Fsp3) is 0.364. The molecule has 0 atom stereocenters. The predicted molar refractivity (Wildman–Crippen MR) is 55.6 cm³/mol. The smallest absolute Gasteiger partial charge is 0.251 e. The van der Waals surface area contributed by atoms with Crippen molar-refractivity contribution in [3.63, 3.8) is 0 Å². The van der Waals surface area contributed by atoms with Crippen molar-refractivity contribution in [2.75, 3.05) is 13.7 Å². The van der Waals surface area contributed by atoms with Crippen LogP contribution in [0.1, 0.15) is 23.7 Å². The van der Waals surface area contributed by atoms with Crippen LogP contribution in [0.15, 0.2) is 24.3 Å². The maximum Gasteiger partial charge on any atom is 0.251 e. The van der Waals surface area contributed by atoms with Crippen LogP contribution in [0, 0.1) is 0 Å². The minimum absolute atomic E-state index is 0.0329. The van der Waals surface area contributed by atoms with Gasteiger partial charge >= 0.3 is 0 Å². The van der Waals surface area contributed by atoms with Crippen molar-refractivity contribution in [3.05, 3.63) is 29.8 Å². The van der Waals surface area contributed by atoms with Crippen LogP contribution < -0.4 is 10.1 Å². The molecular formula is C11H15NO2. The third kappa shape index (κ3) is 2.76. The molecule has 0 saturated carbocycles. The molecule has 1 aromatic carbocycles. The van der Waals surface area contributed by atoms with E-state index < -0.39 is 0 Å². The second-order valence-corrected chi connectivity index (χ2v) is 2.98. The summed E-state index contributed by atoms with van der Waals surface area (Å²) in [6.07, 6.45) is 0.946. The zero-order chi connectivity index (χ0) is 10.4. The van der Waals surface area contributed by atoms with E-state index in [1.807, 2.05) is 6.92 Å². The molecule has 0 fully saturated rings. The van der Waals surface area contributed by atoms with Crippen molar-refractivity contribution in [1.82, 2.24) is 5.32 Å². The van der Waals surface area contributed by atoms with E-state index in [-0.39, 0.29) is 5.91 Å². The molecule has 0 aliphatic heterocycles. The number of rotatable bonds is 4. The van der Waals surface area contributed by atoms with E-state index in [1.165, 1.54) is 0 Å². The molecular weight excluding hydrogens is 178 g/mol. The Kier molecular flexibility index (Phi) is 3.98. The maximum absolute atomic E-state index is 11.5. The van der Waals surface area contributed by atoms with Crippen LogP contribution in [0.25, 0.3) is 0 Å². The summed E-state index contributed by atoms with van der Waals surface area (Å²) in [5.41, 5.74) is 0.666. The number of amides is 1. The first kappa shape index (κ1) is 10.6. The minimum Gasteiger partial charge on any atom is -0.497 e. The molecule has 0 spiro atoms. The van der Waals surface area contributed by atoms with Gasteiger partial charge in [0.2, 0.25) is 0 Å². The average Bonchev–Trinajstić information content (AvgIpc) is 2.26. The summed E-state index contributed by atoms with van der Waals surface area (Å²) < 4.78 is 5.00. The third-order valence-electron chi connectivity index (χ3n) is 1.89. The number of ether oxygens (including phenoxy) is 1. The fourth-order valence-electron chi connectivity index (χ4n) is 1.08.